The standard InChI is InChI=1S/C25H35BrN2O2/c1-2-3-4-6-9-20-29-24-15-11-22(12-16-24)27-28-23-13-17-25(18-14-23)30-21-10-7-5-8-19-26/h11-18H,2-10,19-21H2,1H3. The van der Waals surface area contributed by atoms with Crippen molar-refractivity contribution in [1.29, 1.82) is 0 Å². The number of rotatable bonds is 16. The lowest BCUT2D eigenvalue weighted by atomic mass is 10.2. The Labute approximate surface area is 190 Å². The summed E-state index contributed by atoms with van der Waals surface area (Å²) in [5.41, 5.74) is 1.63. The second-order valence-electron chi connectivity index (χ2n) is 7.40. The number of ether oxygens (including phenoxy) is 2. The fourth-order valence-corrected chi connectivity index (χ4v) is 3.37. The molecule has 0 saturated carbocycles. The normalized spacial score (nSPS) is 11.1. The Hall–Kier alpha value is -1.88. The van der Waals surface area contributed by atoms with Crippen molar-refractivity contribution in [2.75, 3.05) is 18.5 Å². The molecule has 0 saturated heterocycles. The van der Waals surface area contributed by atoms with Crippen LogP contribution < -0.4 is 9.47 Å². The summed E-state index contributed by atoms with van der Waals surface area (Å²) in [7, 11) is 0. The van der Waals surface area contributed by atoms with E-state index >= 15 is 0 Å². The third kappa shape index (κ3) is 10.8. The van der Waals surface area contributed by atoms with Crippen molar-refractivity contribution in [3.05, 3.63) is 48.5 Å². The Morgan fingerprint density at radius 3 is 1.47 bits per heavy atom. The minimum absolute atomic E-state index is 0.760. The van der Waals surface area contributed by atoms with Gasteiger partial charge in [0, 0.05) is 5.33 Å². The van der Waals surface area contributed by atoms with Crippen LogP contribution in [0.3, 0.4) is 0 Å². The molecule has 0 unspecified atom stereocenters. The molecule has 5 heteroatoms. The molecule has 4 nitrogen and oxygen atoms in total. The largest absolute Gasteiger partial charge is 0.494 e. The molecular weight excluding hydrogens is 440 g/mol. The molecule has 0 aliphatic carbocycles. The number of hydrogen-bond acceptors (Lipinski definition) is 4. The molecule has 0 bridgehead atoms. The van der Waals surface area contributed by atoms with Crippen LogP contribution in [0.5, 0.6) is 11.5 Å². The van der Waals surface area contributed by atoms with Gasteiger partial charge in [0.15, 0.2) is 0 Å². The minimum Gasteiger partial charge on any atom is -0.494 e. The van der Waals surface area contributed by atoms with Crippen LogP contribution in [-0.2, 0) is 0 Å². The third-order valence-electron chi connectivity index (χ3n) is 4.77. The van der Waals surface area contributed by atoms with Gasteiger partial charge in [-0.3, -0.25) is 0 Å². The molecule has 0 heterocycles. The van der Waals surface area contributed by atoms with Crippen molar-refractivity contribution < 1.29 is 9.47 Å². The van der Waals surface area contributed by atoms with E-state index < -0.39 is 0 Å². The molecule has 2 rings (SSSR count). The monoisotopic (exact) mass is 474 g/mol. The number of benzene rings is 2. The maximum Gasteiger partial charge on any atom is 0.119 e. The molecule has 0 N–H and O–H groups in total. The van der Waals surface area contributed by atoms with Crippen LogP contribution in [0.4, 0.5) is 11.4 Å². The zero-order chi connectivity index (χ0) is 21.3. The summed E-state index contributed by atoms with van der Waals surface area (Å²) < 4.78 is 11.6. The Balaban J connectivity index is 1.68. The first kappa shape index (κ1) is 24.4. The van der Waals surface area contributed by atoms with Gasteiger partial charge in [-0.05, 0) is 67.8 Å². The number of nitrogens with zero attached hydrogens (tertiary/aromatic N) is 2. The molecule has 0 amide bonds. The zero-order valence-corrected chi connectivity index (χ0v) is 19.8. The first-order chi connectivity index (χ1) is 14.8. The first-order valence-electron chi connectivity index (χ1n) is 11.2. The molecule has 0 spiro atoms. The quantitative estimate of drug-likeness (QED) is 0.138. The number of unbranched alkanes of at least 4 members (excludes halogenated alkanes) is 7. The minimum atomic E-state index is 0.760. The van der Waals surface area contributed by atoms with Gasteiger partial charge in [-0.15, -0.1) is 0 Å². The summed E-state index contributed by atoms with van der Waals surface area (Å²) >= 11 is 3.46. The number of hydrogen-bond donors (Lipinski definition) is 0. The van der Waals surface area contributed by atoms with Gasteiger partial charge in [-0.2, -0.15) is 10.2 Å². The Bertz CT molecular complexity index is 641. The van der Waals surface area contributed by atoms with E-state index in [0.717, 1.165) is 54.3 Å². The van der Waals surface area contributed by atoms with Gasteiger partial charge in [0.1, 0.15) is 11.5 Å². The van der Waals surface area contributed by atoms with E-state index in [1.54, 1.807) is 0 Å². The summed E-state index contributed by atoms with van der Waals surface area (Å²) in [6, 6.07) is 15.5. The molecule has 0 fully saturated rings. The maximum absolute atomic E-state index is 5.79. The van der Waals surface area contributed by atoms with Gasteiger partial charge in [-0.25, -0.2) is 0 Å². The summed E-state index contributed by atoms with van der Waals surface area (Å²) in [4.78, 5) is 0. The van der Waals surface area contributed by atoms with Crippen molar-refractivity contribution in [2.45, 2.75) is 64.7 Å². The highest BCUT2D eigenvalue weighted by Crippen LogP contribution is 2.23. The lowest BCUT2D eigenvalue weighted by Gasteiger charge is -2.06. The van der Waals surface area contributed by atoms with Gasteiger partial charge in [0.2, 0.25) is 0 Å². The highest BCUT2D eigenvalue weighted by Gasteiger charge is 1.98. The van der Waals surface area contributed by atoms with Crippen LogP contribution in [0.2, 0.25) is 0 Å². The highest BCUT2D eigenvalue weighted by molar-refractivity contribution is 9.09. The van der Waals surface area contributed by atoms with Gasteiger partial charge in [0.05, 0.1) is 24.6 Å². The third-order valence-corrected chi connectivity index (χ3v) is 5.33. The Kier molecular flexibility index (Phi) is 12.9. The predicted octanol–water partition coefficient (Wildman–Crippen LogP) is 8.79. The van der Waals surface area contributed by atoms with Crippen molar-refractivity contribution in [2.24, 2.45) is 10.2 Å². The predicted molar refractivity (Wildman–Crippen MR) is 129 cm³/mol. The van der Waals surface area contributed by atoms with Gasteiger partial charge in [0.25, 0.3) is 0 Å². The van der Waals surface area contributed by atoms with Crippen LogP contribution in [0.1, 0.15) is 64.7 Å². The number of halogens is 1. The van der Waals surface area contributed by atoms with E-state index in [9.17, 15) is 0 Å². The summed E-state index contributed by atoms with van der Waals surface area (Å²) in [6.07, 6.45) is 11.0. The lowest BCUT2D eigenvalue weighted by molar-refractivity contribution is 0.304. The van der Waals surface area contributed by atoms with Crippen molar-refractivity contribution in [3.8, 4) is 11.5 Å². The molecule has 0 aliphatic rings. The maximum atomic E-state index is 5.79. The van der Waals surface area contributed by atoms with Gasteiger partial charge in [-0.1, -0.05) is 61.4 Å². The van der Waals surface area contributed by atoms with Crippen LogP contribution in [0.25, 0.3) is 0 Å². The van der Waals surface area contributed by atoms with E-state index in [1.165, 1.54) is 44.9 Å². The summed E-state index contributed by atoms with van der Waals surface area (Å²) in [5.74, 6) is 1.77. The van der Waals surface area contributed by atoms with Crippen molar-refractivity contribution in [1.82, 2.24) is 0 Å². The number of alkyl halides is 1. The smallest absolute Gasteiger partial charge is 0.119 e. The van der Waals surface area contributed by atoms with E-state index in [-0.39, 0.29) is 0 Å². The van der Waals surface area contributed by atoms with E-state index in [1.807, 2.05) is 48.5 Å². The Morgan fingerprint density at radius 2 is 1.03 bits per heavy atom. The van der Waals surface area contributed by atoms with Crippen LogP contribution in [0, 0.1) is 0 Å². The second-order valence-corrected chi connectivity index (χ2v) is 8.20. The molecule has 2 aromatic carbocycles. The molecule has 2 aromatic rings. The van der Waals surface area contributed by atoms with E-state index in [4.69, 9.17) is 9.47 Å². The zero-order valence-electron chi connectivity index (χ0n) is 18.2. The molecule has 30 heavy (non-hydrogen) atoms. The topological polar surface area (TPSA) is 43.2 Å². The summed E-state index contributed by atoms with van der Waals surface area (Å²) in [6.45, 7) is 3.77. The van der Waals surface area contributed by atoms with Gasteiger partial charge >= 0.3 is 0 Å². The molecule has 0 atom stereocenters. The molecular formula is C25H35BrN2O2. The second kappa shape index (κ2) is 15.9. The summed E-state index contributed by atoms with van der Waals surface area (Å²) in [5, 5.41) is 9.70. The molecule has 0 aromatic heterocycles. The highest BCUT2D eigenvalue weighted by atomic mass is 79.9. The fraction of sp³-hybridized carbons (Fsp3) is 0.520. The van der Waals surface area contributed by atoms with Gasteiger partial charge < -0.3 is 9.47 Å². The SMILES string of the molecule is CCCCCCCOc1ccc(N=Nc2ccc(OCCCCCCBr)cc2)cc1. The Morgan fingerprint density at radius 1 is 0.600 bits per heavy atom. The average molecular weight is 475 g/mol. The number of azo groups is 1. The van der Waals surface area contributed by atoms with Crippen LogP contribution >= 0.6 is 15.9 Å². The van der Waals surface area contributed by atoms with Crippen molar-refractivity contribution in [3.63, 3.8) is 0 Å². The van der Waals surface area contributed by atoms with Crippen LogP contribution in [0.15, 0.2) is 58.8 Å². The van der Waals surface area contributed by atoms with E-state index in [0.29, 0.717) is 0 Å². The van der Waals surface area contributed by atoms with Crippen molar-refractivity contribution >= 4 is 27.3 Å². The average Bonchev–Trinajstić information content (AvgIpc) is 2.79. The fourth-order valence-electron chi connectivity index (χ4n) is 2.97. The lowest BCUT2D eigenvalue weighted by Crippen LogP contribution is -1.97. The first-order valence-corrected chi connectivity index (χ1v) is 12.4. The molecule has 0 aliphatic heterocycles. The molecule has 0 radical (unpaired) electrons. The van der Waals surface area contributed by atoms with Crippen LogP contribution in [-0.4, -0.2) is 18.5 Å². The molecule has 164 valence electrons. The van der Waals surface area contributed by atoms with E-state index in [2.05, 4.69) is 33.1 Å².